The Morgan fingerprint density at radius 2 is 2.00 bits per heavy atom. The Balaban J connectivity index is 1.66. The van der Waals surface area contributed by atoms with E-state index in [0.29, 0.717) is 30.5 Å². The average Bonchev–Trinajstić information content (AvgIpc) is 2.90. The van der Waals surface area contributed by atoms with E-state index in [4.69, 9.17) is 9.47 Å². The molecule has 5 nitrogen and oxygen atoms in total. The summed E-state index contributed by atoms with van der Waals surface area (Å²) in [7, 11) is -3.41. The fraction of sp³-hybridized carbons (Fsp3) is 0.647. The third-order valence-corrected chi connectivity index (χ3v) is 6.77. The van der Waals surface area contributed by atoms with Crippen molar-refractivity contribution in [2.75, 3.05) is 32.9 Å². The second-order valence-electron chi connectivity index (χ2n) is 6.47. The van der Waals surface area contributed by atoms with Crippen LogP contribution in [0.1, 0.15) is 25.3 Å². The molecule has 2 saturated heterocycles. The Labute approximate surface area is 138 Å². The normalized spacial score (nSPS) is 24.0. The quantitative estimate of drug-likeness (QED) is 0.746. The molecule has 1 spiro atoms. The molecule has 1 aromatic carbocycles. The van der Waals surface area contributed by atoms with Crippen LogP contribution in [0.5, 0.6) is 0 Å². The molecule has 1 aromatic rings. The van der Waals surface area contributed by atoms with Crippen molar-refractivity contribution >= 4 is 10.0 Å². The second kappa shape index (κ2) is 6.51. The first kappa shape index (κ1) is 16.9. The Bertz CT molecular complexity index is 635. The molecule has 3 rings (SSSR count). The fourth-order valence-corrected chi connectivity index (χ4v) is 5.05. The fourth-order valence-electron chi connectivity index (χ4n) is 3.49. The molecule has 2 fully saturated rings. The predicted octanol–water partition coefficient (Wildman–Crippen LogP) is 2.20. The third kappa shape index (κ3) is 3.18. The monoisotopic (exact) mass is 339 g/mol. The highest BCUT2D eigenvalue weighted by Crippen LogP contribution is 2.43. The maximum atomic E-state index is 12.7. The lowest BCUT2D eigenvalue weighted by Gasteiger charge is -2.49. The summed E-state index contributed by atoms with van der Waals surface area (Å²) in [5.41, 5.74) is 0.758. The van der Waals surface area contributed by atoms with Gasteiger partial charge in [0.25, 0.3) is 0 Å². The summed E-state index contributed by atoms with van der Waals surface area (Å²) in [5, 5.41) is 0. The van der Waals surface area contributed by atoms with Gasteiger partial charge in [-0.25, -0.2) is 8.42 Å². The summed E-state index contributed by atoms with van der Waals surface area (Å²) in [6.07, 6.45) is 1.93. The molecule has 2 aliphatic rings. The van der Waals surface area contributed by atoms with Gasteiger partial charge < -0.3 is 9.47 Å². The molecule has 0 saturated carbocycles. The predicted molar refractivity (Wildman–Crippen MR) is 87.8 cm³/mol. The molecule has 2 aliphatic heterocycles. The van der Waals surface area contributed by atoms with Gasteiger partial charge in [-0.2, -0.15) is 4.31 Å². The van der Waals surface area contributed by atoms with Gasteiger partial charge in [0.15, 0.2) is 0 Å². The van der Waals surface area contributed by atoms with Gasteiger partial charge in [-0.3, -0.25) is 0 Å². The van der Waals surface area contributed by atoms with Crippen molar-refractivity contribution < 1.29 is 17.9 Å². The van der Waals surface area contributed by atoms with E-state index in [-0.39, 0.29) is 5.60 Å². The number of rotatable bonds is 6. The SMILES string of the molecule is CCOCCC1CCOC12CN(S(=O)(=O)c1ccc(C)cc1)C2. The van der Waals surface area contributed by atoms with E-state index in [1.54, 1.807) is 12.1 Å². The van der Waals surface area contributed by atoms with E-state index >= 15 is 0 Å². The van der Waals surface area contributed by atoms with Crippen molar-refractivity contribution in [3.8, 4) is 0 Å². The molecule has 0 aromatic heterocycles. The van der Waals surface area contributed by atoms with Crippen LogP contribution in [0.4, 0.5) is 0 Å². The maximum Gasteiger partial charge on any atom is 0.243 e. The molecule has 0 N–H and O–H groups in total. The van der Waals surface area contributed by atoms with Crippen LogP contribution in [0.15, 0.2) is 29.2 Å². The number of aryl methyl sites for hydroxylation is 1. The zero-order valence-electron chi connectivity index (χ0n) is 13.8. The minimum atomic E-state index is -3.41. The highest BCUT2D eigenvalue weighted by molar-refractivity contribution is 7.89. The zero-order valence-corrected chi connectivity index (χ0v) is 14.6. The van der Waals surface area contributed by atoms with E-state index in [9.17, 15) is 8.42 Å². The van der Waals surface area contributed by atoms with Crippen molar-refractivity contribution in [2.45, 2.75) is 37.2 Å². The van der Waals surface area contributed by atoms with Crippen LogP contribution in [-0.2, 0) is 19.5 Å². The van der Waals surface area contributed by atoms with Crippen molar-refractivity contribution in [3.63, 3.8) is 0 Å². The molecule has 0 bridgehead atoms. The Morgan fingerprint density at radius 1 is 1.30 bits per heavy atom. The number of hydrogen-bond donors (Lipinski definition) is 0. The van der Waals surface area contributed by atoms with Gasteiger partial charge in [-0.15, -0.1) is 0 Å². The van der Waals surface area contributed by atoms with Gasteiger partial charge >= 0.3 is 0 Å². The lowest BCUT2D eigenvalue weighted by molar-refractivity contribution is -0.105. The highest BCUT2D eigenvalue weighted by Gasteiger charge is 2.56. The minimum Gasteiger partial charge on any atom is -0.382 e. The number of sulfonamides is 1. The molecule has 23 heavy (non-hydrogen) atoms. The minimum absolute atomic E-state index is 0.297. The lowest BCUT2D eigenvalue weighted by Crippen LogP contribution is -2.65. The highest BCUT2D eigenvalue weighted by atomic mass is 32.2. The van der Waals surface area contributed by atoms with Crippen LogP contribution >= 0.6 is 0 Å². The first-order chi connectivity index (χ1) is 11.0. The molecule has 0 radical (unpaired) electrons. The molecule has 2 heterocycles. The topological polar surface area (TPSA) is 55.8 Å². The first-order valence-corrected chi connectivity index (χ1v) is 9.70. The summed E-state index contributed by atoms with van der Waals surface area (Å²) < 4.78 is 38.3. The Hall–Kier alpha value is -0.950. The number of benzene rings is 1. The van der Waals surface area contributed by atoms with E-state index < -0.39 is 10.0 Å². The summed E-state index contributed by atoms with van der Waals surface area (Å²) >= 11 is 0. The van der Waals surface area contributed by atoms with Gasteiger partial charge in [0, 0.05) is 32.9 Å². The van der Waals surface area contributed by atoms with Gasteiger partial charge in [-0.1, -0.05) is 17.7 Å². The van der Waals surface area contributed by atoms with Gasteiger partial charge in [0.05, 0.1) is 10.5 Å². The molecule has 6 heteroatoms. The van der Waals surface area contributed by atoms with Crippen molar-refractivity contribution in [2.24, 2.45) is 5.92 Å². The molecule has 0 aliphatic carbocycles. The summed E-state index contributed by atoms with van der Waals surface area (Å²) in [4.78, 5) is 0.363. The van der Waals surface area contributed by atoms with Crippen LogP contribution in [0.3, 0.4) is 0 Å². The van der Waals surface area contributed by atoms with Gasteiger partial charge in [0.1, 0.15) is 0 Å². The number of nitrogens with zero attached hydrogens (tertiary/aromatic N) is 1. The van der Waals surface area contributed by atoms with E-state index in [0.717, 1.165) is 31.6 Å². The average molecular weight is 339 g/mol. The largest absolute Gasteiger partial charge is 0.382 e. The summed E-state index contributed by atoms with van der Waals surface area (Å²) in [6.45, 7) is 7.01. The molecule has 0 amide bonds. The molecule has 1 atom stereocenters. The van der Waals surface area contributed by atoms with Crippen molar-refractivity contribution in [1.29, 1.82) is 0 Å². The van der Waals surface area contributed by atoms with Crippen LogP contribution in [0.2, 0.25) is 0 Å². The van der Waals surface area contributed by atoms with Crippen molar-refractivity contribution in [3.05, 3.63) is 29.8 Å². The Morgan fingerprint density at radius 3 is 2.65 bits per heavy atom. The summed E-state index contributed by atoms with van der Waals surface area (Å²) in [5.74, 6) is 0.388. The van der Waals surface area contributed by atoms with E-state index in [1.807, 2.05) is 26.0 Å². The third-order valence-electron chi connectivity index (χ3n) is 4.96. The van der Waals surface area contributed by atoms with Crippen LogP contribution in [-0.4, -0.2) is 51.2 Å². The van der Waals surface area contributed by atoms with E-state index in [2.05, 4.69) is 0 Å². The Kier molecular flexibility index (Phi) is 4.78. The van der Waals surface area contributed by atoms with Crippen molar-refractivity contribution in [1.82, 2.24) is 4.31 Å². The smallest absolute Gasteiger partial charge is 0.243 e. The molecular weight excluding hydrogens is 314 g/mol. The van der Waals surface area contributed by atoms with Crippen LogP contribution < -0.4 is 0 Å². The lowest BCUT2D eigenvalue weighted by atomic mass is 9.80. The van der Waals surface area contributed by atoms with Crippen LogP contribution in [0.25, 0.3) is 0 Å². The standard InChI is InChI=1S/C17H25NO4S/c1-3-21-10-8-15-9-11-22-17(15)12-18(13-17)23(19,20)16-6-4-14(2)5-7-16/h4-7,15H,3,8-13H2,1-2H3. The van der Waals surface area contributed by atoms with Gasteiger partial charge in [-0.05, 0) is 44.7 Å². The first-order valence-electron chi connectivity index (χ1n) is 8.26. The number of hydrogen-bond acceptors (Lipinski definition) is 4. The number of ether oxygens (including phenoxy) is 2. The molecular formula is C17H25NO4S. The van der Waals surface area contributed by atoms with Crippen LogP contribution in [0, 0.1) is 12.8 Å². The molecule has 1 unspecified atom stereocenters. The zero-order chi connectivity index (χ0) is 16.5. The second-order valence-corrected chi connectivity index (χ2v) is 8.41. The van der Waals surface area contributed by atoms with E-state index in [1.165, 1.54) is 4.31 Å². The molecule has 128 valence electrons. The summed E-state index contributed by atoms with van der Waals surface area (Å²) in [6, 6.07) is 7.02. The van der Waals surface area contributed by atoms with Gasteiger partial charge in [0.2, 0.25) is 10.0 Å². The maximum absolute atomic E-state index is 12.7.